The van der Waals surface area contributed by atoms with Gasteiger partial charge in [-0.1, -0.05) is 55.5 Å². The third-order valence-electron chi connectivity index (χ3n) is 4.31. The van der Waals surface area contributed by atoms with Gasteiger partial charge in [-0.3, -0.25) is 4.90 Å². The Hall–Kier alpha value is -2.10. The van der Waals surface area contributed by atoms with Gasteiger partial charge in [-0.15, -0.1) is 6.58 Å². The quantitative estimate of drug-likeness (QED) is 0.704. The van der Waals surface area contributed by atoms with E-state index in [1.807, 2.05) is 36.4 Å². The monoisotopic (exact) mass is 324 g/mol. The van der Waals surface area contributed by atoms with E-state index in [0.29, 0.717) is 6.61 Å². The van der Waals surface area contributed by atoms with Gasteiger partial charge < -0.3 is 10.5 Å². The van der Waals surface area contributed by atoms with Crippen LogP contribution in [0.5, 0.6) is 5.75 Å². The van der Waals surface area contributed by atoms with Gasteiger partial charge in [0.05, 0.1) is 0 Å². The highest BCUT2D eigenvalue weighted by Crippen LogP contribution is 2.24. The molecule has 0 aromatic heterocycles. The van der Waals surface area contributed by atoms with Crippen molar-refractivity contribution >= 4 is 0 Å². The number of likely N-dealkylation sites (N-methyl/N-ethyl adjacent to an activating group) is 1. The molecule has 0 bridgehead atoms. The van der Waals surface area contributed by atoms with Gasteiger partial charge in [0, 0.05) is 18.6 Å². The fraction of sp³-hybridized carbons (Fsp3) is 0.333. The zero-order valence-corrected chi connectivity index (χ0v) is 14.7. The molecule has 24 heavy (non-hydrogen) atoms. The molecule has 0 unspecified atom stereocenters. The van der Waals surface area contributed by atoms with Crippen LogP contribution < -0.4 is 10.5 Å². The van der Waals surface area contributed by atoms with E-state index >= 15 is 0 Å². The molecule has 2 aromatic carbocycles. The summed E-state index contributed by atoms with van der Waals surface area (Å²) in [4.78, 5) is 2.25. The van der Waals surface area contributed by atoms with Gasteiger partial charge in [0.2, 0.25) is 0 Å². The average Bonchev–Trinajstić information content (AvgIpc) is 2.62. The second-order valence-electron chi connectivity index (χ2n) is 6.08. The summed E-state index contributed by atoms with van der Waals surface area (Å²) < 4.78 is 5.92. The van der Waals surface area contributed by atoms with Gasteiger partial charge in [0.25, 0.3) is 0 Å². The minimum atomic E-state index is -0.0553. The molecule has 3 nitrogen and oxygen atoms in total. The zero-order valence-electron chi connectivity index (χ0n) is 14.7. The van der Waals surface area contributed by atoms with Gasteiger partial charge in [-0.25, -0.2) is 0 Å². The van der Waals surface area contributed by atoms with Crippen LogP contribution in [-0.4, -0.2) is 24.5 Å². The van der Waals surface area contributed by atoms with Crippen molar-refractivity contribution in [1.82, 2.24) is 4.90 Å². The fourth-order valence-corrected chi connectivity index (χ4v) is 2.95. The van der Waals surface area contributed by atoms with Crippen molar-refractivity contribution in [3.8, 4) is 5.75 Å². The molecule has 2 aromatic rings. The molecule has 2 N–H and O–H groups in total. The summed E-state index contributed by atoms with van der Waals surface area (Å²) in [6.45, 7) is 7.37. The maximum Gasteiger partial charge on any atom is 0.120 e. The number of hydrogen-bond acceptors (Lipinski definition) is 3. The van der Waals surface area contributed by atoms with Crippen LogP contribution in [0.25, 0.3) is 0 Å². The molecule has 0 aliphatic carbocycles. The fourth-order valence-electron chi connectivity index (χ4n) is 2.95. The minimum Gasteiger partial charge on any atom is -0.489 e. The van der Waals surface area contributed by atoms with Crippen LogP contribution in [0.4, 0.5) is 0 Å². The second-order valence-corrected chi connectivity index (χ2v) is 6.08. The summed E-state index contributed by atoms with van der Waals surface area (Å²) in [5.74, 6) is 0.855. The van der Waals surface area contributed by atoms with Crippen LogP contribution in [0.2, 0.25) is 0 Å². The Labute approximate surface area is 145 Å². The summed E-state index contributed by atoms with van der Waals surface area (Å²) in [5.41, 5.74) is 8.78. The molecule has 0 aliphatic heterocycles. The number of rotatable bonds is 9. The standard InChI is InChI=1S/C21H28N2O/c1-4-14-23(3)20(5-2)21(22)18-12-9-13-19(15-18)24-16-17-10-7-6-8-11-17/h4,6-13,15,20-21H,1,5,14,16,22H2,2-3H3/t20-,21-/m0/s1. The number of ether oxygens (including phenoxy) is 1. The highest BCUT2D eigenvalue weighted by molar-refractivity contribution is 5.31. The Morgan fingerprint density at radius 2 is 1.92 bits per heavy atom. The molecule has 3 heteroatoms. The van der Waals surface area contributed by atoms with Crippen LogP contribution in [0.1, 0.15) is 30.5 Å². The van der Waals surface area contributed by atoms with Crippen LogP contribution in [0, 0.1) is 0 Å². The molecule has 0 aliphatic rings. The smallest absolute Gasteiger partial charge is 0.120 e. The lowest BCUT2D eigenvalue weighted by atomic mass is 9.97. The average molecular weight is 324 g/mol. The minimum absolute atomic E-state index is 0.0553. The van der Waals surface area contributed by atoms with Crippen molar-refractivity contribution in [2.75, 3.05) is 13.6 Å². The molecule has 0 amide bonds. The lowest BCUT2D eigenvalue weighted by Crippen LogP contribution is -2.40. The third kappa shape index (κ3) is 4.95. The van der Waals surface area contributed by atoms with E-state index in [9.17, 15) is 0 Å². The lowest BCUT2D eigenvalue weighted by molar-refractivity contribution is 0.224. The third-order valence-corrected chi connectivity index (χ3v) is 4.31. The first kappa shape index (κ1) is 18.2. The molecule has 2 rings (SSSR count). The van der Waals surface area contributed by atoms with Crippen molar-refractivity contribution in [3.63, 3.8) is 0 Å². The molecule has 0 saturated carbocycles. The van der Waals surface area contributed by atoms with Gasteiger partial charge in [-0.05, 0) is 36.7 Å². The van der Waals surface area contributed by atoms with Crippen LogP contribution >= 0.6 is 0 Å². The Morgan fingerprint density at radius 3 is 2.58 bits per heavy atom. The Morgan fingerprint density at radius 1 is 1.17 bits per heavy atom. The summed E-state index contributed by atoms with van der Waals surface area (Å²) in [6.07, 6.45) is 2.90. The molecule has 0 heterocycles. The summed E-state index contributed by atoms with van der Waals surface area (Å²) in [5, 5.41) is 0. The van der Waals surface area contributed by atoms with E-state index in [-0.39, 0.29) is 12.1 Å². The molecule has 0 spiro atoms. The Kier molecular flexibility index (Phi) is 7.04. The maximum absolute atomic E-state index is 6.53. The topological polar surface area (TPSA) is 38.5 Å². The number of nitrogens with zero attached hydrogens (tertiary/aromatic N) is 1. The van der Waals surface area contributed by atoms with E-state index in [4.69, 9.17) is 10.5 Å². The van der Waals surface area contributed by atoms with Gasteiger partial charge in [0.15, 0.2) is 0 Å². The lowest BCUT2D eigenvalue weighted by Gasteiger charge is -2.31. The first-order valence-corrected chi connectivity index (χ1v) is 8.49. The molecular weight excluding hydrogens is 296 g/mol. The van der Waals surface area contributed by atoms with Crippen molar-refractivity contribution in [1.29, 1.82) is 0 Å². The van der Waals surface area contributed by atoms with Gasteiger partial charge >= 0.3 is 0 Å². The Bertz CT molecular complexity index is 627. The number of hydrogen-bond donors (Lipinski definition) is 1. The second kappa shape index (κ2) is 9.26. The normalized spacial score (nSPS) is 13.5. The van der Waals surface area contributed by atoms with Crippen molar-refractivity contribution in [2.24, 2.45) is 5.73 Å². The van der Waals surface area contributed by atoms with Crippen molar-refractivity contribution < 1.29 is 4.74 Å². The highest BCUT2D eigenvalue weighted by atomic mass is 16.5. The van der Waals surface area contributed by atoms with Crippen molar-refractivity contribution in [2.45, 2.75) is 32.0 Å². The van der Waals surface area contributed by atoms with E-state index in [1.165, 1.54) is 0 Å². The summed E-state index contributed by atoms with van der Waals surface area (Å²) in [7, 11) is 2.09. The molecule has 128 valence electrons. The largest absolute Gasteiger partial charge is 0.489 e. The van der Waals surface area contributed by atoms with Gasteiger partial charge in [-0.2, -0.15) is 0 Å². The van der Waals surface area contributed by atoms with Crippen LogP contribution in [-0.2, 0) is 6.61 Å². The van der Waals surface area contributed by atoms with Crippen LogP contribution in [0.15, 0.2) is 67.3 Å². The SMILES string of the molecule is C=CCN(C)[C@@H](CC)[C@@H](N)c1cccc(OCc2ccccc2)c1. The highest BCUT2D eigenvalue weighted by Gasteiger charge is 2.21. The first-order chi connectivity index (χ1) is 11.7. The van der Waals surface area contributed by atoms with E-state index in [2.05, 4.69) is 49.7 Å². The Balaban J connectivity index is 2.06. The maximum atomic E-state index is 6.53. The van der Waals surface area contributed by atoms with E-state index in [0.717, 1.165) is 29.8 Å². The first-order valence-electron chi connectivity index (χ1n) is 8.49. The summed E-state index contributed by atoms with van der Waals surface area (Å²) >= 11 is 0. The molecule has 0 saturated heterocycles. The van der Waals surface area contributed by atoms with E-state index in [1.54, 1.807) is 0 Å². The number of nitrogens with two attached hydrogens (primary N) is 1. The molecule has 0 radical (unpaired) electrons. The van der Waals surface area contributed by atoms with Gasteiger partial charge in [0.1, 0.15) is 12.4 Å². The van der Waals surface area contributed by atoms with Crippen LogP contribution in [0.3, 0.4) is 0 Å². The molecule has 2 atom stereocenters. The number of benzene rings is 2. The van der Waals surface area contributed by atoms with Crippen molar-refractivity contribution in [3.05, 3.63) is 78.4 Å². The molecule has 0 fully saturated rings. The molecular formula is C21H28N2O. The summed E-state index contributed by atoms with van der Waals surface area (Å²) in [6, 6.07) is 18.5. The van der Waals surface area contributed by atoms with E-state index < -0.39 is 0 Å². The predicted octanol–water partition coefficient (Wildman–Crippen LogP) is 4.16. The zero-order chi connectivity index (χ0) is 17.4. The predicted molar refractivity (Wildman–Crippen MR) is 101 cm³/mol.